The number of rotatable bonds is 2. The van der Waals surface area contributed by atoms with Gasteiger partial charge in [0.05, 0.1) is 5.69 Å². The highest BCUT2D eigenvalue weighted by Crippen LogP contribution is 2.58. The zero-order valence-electron chi connectivity index (χ0n) is 11.1. The lowest BCUT2D eigenvalue weighted by Gasteiger charge is -2.23. The van der Waals surface area contributed by atoms with Crippen molar-refractivity contribution in [2.75, 3.05) is 18.4 Å². The van der Waals surface area contributed by atoms with Gasteiger partial charge in [-0.15, -0.1) is 0 Å². The van der Waals surface area contributed by atoms with Crippen molar-refractivity contribution < 1.29 is 9.18 Å². The zero-order valence-corrected chi connectivity index (χ0v) is 11.1. The maximum absolute atomic E-state index is 13.7. The Labute approximate surface area is 112 Å². The molecule has 2 fully saturated rings. The minimum absolute atomic E-state index is 0.0184. The first kappa shape index (κ1) is 12.6. The number of nitrogens with one attached hydrogen (secondary N) is 2. The van der Waals surface area contributed by atoms with Crippen LogP contribution in [0.5, 0.6) is 0 Å². The van der Waals surface area contributed by atoms with Crippen LogP contribution in [-0.2, 0) is 4.79 Å². The Hall–Kier alpha value is -1.42. The van der Waals surface area contributed by atoms with Crippen LogP contribution >= 0.6 is 0 Å². The van der Waals surface area contributed by atoms with Crippen LogP contribution in [0.4, 0.5) is 10.1 Å². The van der Waals surface area contributed by atoms with Crippen LogP contribution in [0.25, 0.3) is 0 Å². The van der Waals surface area contributed by atoms with E-state index >= 15 is 0 Å². The van der Waals surface area contributed by atoms with Gasteiger partial charge in [0.1, 0.15) is 5.82 Å². The summed E-state index contributed by atoms with van der Waals surface area (Å²) in [5, 5.41) is 6.09. The van der Waals surface area contributed by atoms with Crippen molar-refractivity contribution in [1.82, 2.24) is 5.32 Å². The predicted octanol–water partition coefficient (Wildman–Crippen LogP) is 2.46. The third kappa shape index (κ3) is 2.25. The van der Waals surface area contributed by atoms with Gasteiger partial charge < -0.3 is 10.6 Å². The van der Waals surface area contributed by atoms with E-state index in [-0.39, 0.29) is 23.1 Å². The summed E-state index contributed by atoms with van der Waals surface area (Å²) < 4.78 is 13.7. The van der Waals surface area contributed by atoms with Crippen LogP contribution in [0.15, 0.2) is 18.2 Å². The summed E-state index contributed by atoms with van der Waals surface area (Å²) in [5.74, 6) is -0.308. The number of anilines is 1. The minimum atomic E-state index is -0.353. The van der Waals surface area contributed by atoms with E-state index in [4.69, 9.17) is 0 Å². The third-order valence-corrected chi connectivity index (χ3v) is 4.58. The van der Waals surface area contributed by atoms with Gasteiger partial charge in [-0.1, -0.05) is 12.1 Å². The molecule has 1 aromatic carbocycles. The molecule has 0 bridgehead atoms. The predicted molar refractivity (Wildman–Crippen MR) is 72.4 cm³/mol. The molecule has 1 atom stereocenters. The van der Waals surface area contributed by atoms with Gasteiger partial charge in [-0.3, -0.25) is 4.79 Å². The fourth-order valence-electron chi connectivity index (χ4n) is 3.20. The topological polar surface area (TPSA) is 41.1 Å². The molecule has 102 valence electrons. The quantitative estimate of drug-likeness (QED) is 0.859. The molecular weight excluding hydrogens is 243 g/mol. The summed E-state index contributed by atoms with van der Waals surface area (Å²) in [7, 11) is 0. The highest BCUT2D eigenvalue weighted by Gasteiger charge is 2.57. The van der Waals surface area contributed by atoms with Gasteiger partial charge in [0.25, 0.3) is 0 Å². The molecule has 1 saturated carbocycles. The molecule has 4 heteroatoms. The molecule has 2 N–H and O–H groups in total. The molecule has 1 aromatic rings. The van der Waals surface area contributed by atoms with Crippen molar-refractivity contribution in [2.45, 2.75) is 26.2 Å². The zero-order chi connectivity index (χ0) is 13.5. The van der Waals surface area contributed by atoms with E-state index in [2.05, 4.69) is 10.6 Å². The SMILES string of the molecule is Cc1cccc(F)c1NC(=O)C1CC12CCNCC2. The first-order valence-corrected chi connectivity index (χ1v) is 6.89. The number of hydrogen-bond donors (Lipinski definition) is 2. The minimum Gasteiger partial charge on any atom is -0.323 e. The van der Waals surface area contributed by atoms with E-state index in [1.165, 1.54) is 6.07 Å². The fourth-order valence-corrected chi connectivity index (χ4v) is 3.20. The Morgan fingerprint density at radius 3 is 2.84 bits per heavy atom. The molecule has 1 aliphatic heterocycles. The largest absolute Gasteiger partial charge is 0.323 e. The highest BCUT2D eigenvalue weighted by atomic mass is 19.1. The van der Waals surface area contributed by atoms with Crippen molar-refractivity contribution in [3.05, 3.63) is 29.6 Å². The van der Waals surface area contributed by atoms with Gasteiger partial charge in [0.15, 0.2) is 0 Å². The molecule has 1 heterocycles. The van der Waals surface area contributed by atoms with Crippen molar-refractivity contribution in [2.24, 2.45) is 11.3 Å². The molecule has 1 unspecified atom stereocenters. The third-order valence-electron chi connectivity index (χ3n) is 4.58. The van der Waals surface area contributed by atoms with E-state index in [9.17, 15) is 9.18 Å². The fraction of sp³-hybridized carbons (Fsp3) is 0.533. The number of piperidine rings is 1. The van der Waals surface area contributed by atoms with Crippen molar-refractivity contribution in [3.63, 3.8) is 0 Å². The van der Waals surface area contributed by atoms with Crippen LogP contribution < -0.4 is 10.6 Å². The molecule has 1 saturated heterocycles. The molecule has 0 radical (unpaired) electrons. The molecule has 3 rings (SSSR count). The van der Waals surface area contributed by atoms with Crippen LogP contribution in [-0.4, -0.2) is 19.0 Å². The van der Waals surface area contributed by atoms with E-state index in [0.29, 0.717) is 5.69 Å². The number of aryl methyl sites for hydroxylation is 1. The van der Waals surface area contributed by atoms with Gasteiger partial charge in [-0.25, -0.2) is 4.39 Å². The summed E-state index contributed by atoms with van der Waals surface area (Å²) in [6.45, 7) is 3.79. The monoisotopic (exact) mass is 262 g/mol. The maximum atomic E-state index is 13.7. The normalized spacial score (nSPS) is 24.2. The smallest absolute Gasteiger partial charge is 0.228 e. The number of para-hydroxylation sites is 1. The molecule has 1 spiro atoms. The van der Waals surface area contributed by atoms with Crippen molar-refractivity contribution >= 4 is 11.6 Å². The van der Waals surface area contributed by atoms with Gasteiger partial charge in [0, 0.05) is 5.92 Å². The van der Waals surface area contributed by atoms with E-state index in [1.54, 1.807) is 6.07 Å². The van der Waals surface area contributed by atoms with Gasteiger partial charge in [-0.2, -0.15) is 0 Å². The summed E-state index contributed by atoms with van der Waals surface area (Å²) in [4.78, 5) is 12.3. The molecule has 1 aliphatic carbocycles. The lowest BCUT2D eigenvalue weighted by Crippen LogP contribution is -2.31. The molecule has 1 amide bonds. The van der Waals surface area contributed by atoms with Crippen LogP contribution in [0.3, 0.4) is 0 Å². The Morgan fingerprint density at radius 2 is 2.16 bits per heavy atom. The average molecular weight is 262 g/mol. The number of benzene rings is 1. The first-order valence-electron chi connectivity index (χ1n) is 6.89. The van der Waals surface area contributed by atoms with E-state index in [0.717, 1.165) is 37.9 Å². The number of carbonyl (C=O) groups excluding carboxylic acids is 1. The van der Waals surface area contributed by atoms with E-state index < -0.39 is 0 Å². The maximum Gasteiger partial charge on any atom is 0.228 e. The Morgan fingerprint density at radius 1 is 1.42 bits per heavy atom. The average Bonchev–Trinajstić information content (AvgIpc) is 3.08. The summed E-state index contributed by atoms with van der Waals surface area (Å²) >= 11 is 0. The van der Waals surface area contributed by atoms with Gasteiger partial charge in [-0.05, 0) is 56.3 Å². The highest BCUT2D eigenvalue weighted by molar-refractivity contribution is 5.95. The standard InChI is InChI=1S/C15H19FN2O/c1-10-3-2-4-12(16)13(10)18-14(19)11-9-15(11)5-7-17-8-6-15/h2-4,11,17H,5-9H2,1H3,(H,18,19). The van der Waals surface area contributed by atoms with E-state index in [1.807, 2.05) is 13.0 Å². The van der Waals surface area contributed by atoms with Crippen LogP contribution in [0, 0.1) is 24.1 Å². The molecular formula is C15H19FN2O. The van der Waals surface area contributed by atoms with Crippen molar-refractivity contribution in [1.29, 1.82) is 0 Å². The van der Waals surface area contributed by atoms with Crippen LogP contribution in [0.2, 0.25) is 0 Å². The first-order chi connectivity index (χ1) is 9.12. The Balaban J connectivity index is 1.70. The van der Waals surface area contributed by atoms with Crippen molar-refractivity contribution in [3.8, 4) is 0 Å². The second-order valence-corrected chi connectivity index (χ2v) is 5.79. The second kappa shape index (κ2) is 4.60. The number of hydrogen-bond acceptors (Lipinski definition) is 2. The Bertz CT molecular complexity index is 489. The number of amides is 1. The molecule has 3 nitrogen and oxygen atoms in total. The Kier molecular flexibility index (Phi) is 3.05. The van der Waals surface area contributed by atoms with Gasteiger partial charge >= 0.3 is 0 Å². The lowest BCUT2D eigenvalue weighted by molar-refractivity contribution is -0.118. The van der Waals surface area contributed by atoms with Gasteiger partial charge in [0.2, 0.25) is 5.91 Å². The van der Waals surface area contributed by atoms with Crippen LogP contribution in [0.1, 0.15) is 24.8 Å². The molecule has 2 aliphatic rings. The second-order valence-electron chi connectivity index (χ2n) is 5.79. The summed E-state index contributed by atoms with van der Waals surface area (Å²) in [6, 6.07) is 4.85. The molecule has 0 aromatic heterocycles. The number of halogens is 1. The summed E-state index contributed by atoms with van der Waals surface area (Å²) in [5.41, 5.74) is 1.30. The summed E-state index contributed by atoms with van der Waals surface area (Å²) in [6.07, 6.45) is 3.07. The molecule has 19 heavy (non-hydrogen) atoms. The number of carbonyl (C=O) groups is 1. The lowest BCUT2D eigenvalue weighted by atomic mass is 9.91.